The summed E-state index contributed by atoms with van der Waals surface area (Å²) in [7, 11) is 0. The molecule has 0 aliphatic carbocycles. The predicted octanol–water partition coefficient (Wildman–Crippen LogP) is 1.74. The number of carbonyl (C=O) groups is 1. The third-order valence-electron chi connectivity index (χ3n) is 4.11. The second kappa shape index (κ2) is 6.88. The number of amides is 1. The van der Waals surface area contributed by atoms with Crippen LogP contribution in [0, 0.1) is 26.7 Å². The van der Waals surface area contributed by atoms with Crippen LogP contribution < -0.4 is 5.32 Å². The van der Waals surface area contributed by atoms with Gasteiger partial charge in [-0.3, -0.25) is 9.48 Å². The number of rotatable bonds is 6. The average Bonchev–Trinajstić information content (AvgIpc) is 3.00. The summed E-state index contributed by atoms with van der Waals surface area (Å²) in [5.74, 6) is 0.554. The molecule has 112 valence electrons. The van der Waals surface area contributed by atoms with Crippen molar-refractivity contribution in [3.05, 3.63) is 17.0 Å². The van der Waals surface area contributed by atoms with Crippen molar-refractivity contribution in [1.82, 2.24) is 15.1 Å². The molecule has 1 aliphatic heterocycles. The van der Waals surface area contributed by atoms with Gasteiger partial charge in [0.05, 0.1) is 5.69 Å². The molecule has 0 spiro atoms. The normalized spacial score (nSPS) is 18.4. The number of aromatic nitrogens is 2. The van der Waals surface area contributed by atoms with Crippen LogP contribution in [0.4, 0.5) is 0 Å². The first-order valence-electron chi connectivity index (χ1n) is 7.43. The van der Waals surface area contributed by atoms with Crippen molar-refractivity contribution >= 4 is 5.91 Å². The minimum atomic E-state index is 0.144. The molecule has 5 heteroatoms. The van der Waals surface area contributed by atoms with E-state index in [1.54, 1.807) is 0 Å². The Balaban J connectivity index is 1.65. The van der Waals surface area contributed by atoms with Crippen molar-refractivity contribution in [3.63, 3.8) is 0 Å². The minimum absolute atomic E-state index is 0.144. The molecule has 1 saturated heterocycles. The van der Waals surface area contributed by atoms with E-state index in [4.69, 9.17) is 4.74 Å². The fraction of sp³-hybridized carbons (Fsp3) is 0.733. The Morgan fingerprint density at radius 2 is 2.25 bits per heavy atom. The summed E-state index contributed by atoms with van der Waals surface area (Å²) in [5.41, 5.74) is 3.57. The first-order valence-corrected chi connectivity index (χ1v) is 7.43. The van der Waals surface area contributed by atoms with Crippen LogP contribution in [0.15, 0.2) is 0 Å². The van der Waals surface area contributed by atoms with Crippen LogP contribution in [0.2, 0.25) is 0 Å². The predicted molar refractivity (Wildman–Crippen MR) is 77.6 cm³/mol. The second-order valence-corrected chi connectivity index (χ2v) is 5.66. The lowest BCUT2D eigenvalue weighted by molar-refractivity contribution is -0.122. The number of nitrogens with zero attached hydrogens (tertiary/aromatic N) is 2. The summed E-state index contributed by atoms with van der Waals surface area (Å²) >= 11 is 0. The van der Waals surface area contributed by atoms with Gasteiger partial charge >= 0.3 is 0 Å². The van der Waals surface area contributed by atoms with Gasteiger partial charge in [-0.1, -0.05) is 0 Å². The monoisotopic (exact) mass is 279 g/mol. The summed E-state index contributed by atoms with van der Waals surface area (Å²) in [6, 6.07) is 0. The molecule has 1 unspecified atom stereocenters. The van der Waals surface area contributed by atoms with Gasteiger partial charge in [-0.15, -0.1) is 0 Å². The maximum Gasteiger partial charge on any atom is 0.220 e. The Morgan fingerprint density at radius 3 is 2.85 bits per heavy atom. The Labute approximate surface area is 120 Å². The molecular weight excluding hydrogens is 254 g/mol. The number of ether oxygens (including phenoxy) is 1. The Bertz CT molecular complexity index is 462. The second-order valence-electron chi connectivity index (χ2n) is 5.66. The van der Waals surface area contributed by atoms with Crippen LogP contribution >= 0.6 is 0 Å². The van der Waals surface area contributed by atoms with E-state index in [-0.39, 0.29) is 5.91 Å². The fourth-order valence-electron chi connectivity index (χ4n) is 2.54. The largest absolute Gasteiger partial charge is 0.381 e. The van der Waals surface area contributed by atoms with Crippen molar-refractivity contribution < 1.29 is 9.53 Å². The molecule has 1 N–H and O–H groups in total. The molecule has 0 radical (unpaired) electrons. The zero-order chi connectivity index (χ0) is 14.5. The molecule has 1 fully saturated rings. The molecule has 0 bridgehead atoms. The summed E-state index contributed by atoms with van der Waals surface area (Å²) < 4.78 is 7.31. The number of hydrogen-bond donors (Lipinski definition) is 1. The first kappa shape index (κ1) is 15.0. The van der Waals surface area contributed by atoms with Crippen molar-refractivity contribution in [2.24, 2.45) is 5.92 Å². The highest BCUT2D eigenvalue weighted by Gasteiger charge is 2.18. The molecule has 1 amide bonds. The summed E-state index contributed by atoms with van der Waals surface area (Å²) in [4.78, 5) is 11.7. The van der Waals surface area contributed by atoms with Gasteiger partial charge in [0.2, 0.25) is 5.91 Å². The molecule has 1 aliphatic rings. The maximum atomic E-state index is 11.7. The minimum Gasteiger partial charge on any atom is -0.381 e. The SMILES string of the molecule is Cc1nn(CCCNC(=O)CC2CCOC2)c(C)c1C. The van der Waals surface area contributed by atoms with Gasteiger partial charge in [-0.25, -0.2) is 0 Å². The molecule has 0 saturated carbocycles. The first-order chi connectivity index (χ1) is 9.58. The molecule has 20 heavy (non-hydrogen) atoms. The van der Waals surface area contributed by atoms with Crippen LogP contribution in [0.5, 0.6) is 0 Å². The maximum absolute atomic E-state index is 11.7. The van der Waals surface area contributed by atoms with Gasteiger partial charge < -0.3 is 10.1 Å². The summed E-state index contributed by atoms with van der Waals surface area (Å²) in [6.45, 7) is 9.32. The lowest BCUT2D eigenvalue weighted by Gasteiger charge is -2.09. The van der Waals surface area contributed by atoms with E-state index in [0.29, 0.717) is 18.9 Å². The highest BCUT2D eigenvalue weighted by atomic mass is 16.5. The van der Waals surface area contributed by atoms with Gasteiger partial charge in [-0.05, 0) is 45.1 Å². The van der Waals surface area contributed by atoms with E-state index in [0.717, 1.165) is 38.3 Å². The third-order valence-corrected chi connectivity index (χ3v) is 4.11. The van der Waals surface area contributed by atoms with Crippen molar-refractivity contribution in [3.8, 4) is 0 Å². The van der Waals surface area contributed by atoms with E-state index in [1.807, 2.05) is 11.6 Å². The zero-order valence-corrected chi connectivity index (χ0v) is 12.7. The lowest BCUT2D eigenvalue weighted by atomic mass is 10.1. The fourth-order valence-corrected chi connectivity index (χ4v) is 2.54. The average molecular weight is 279 g/mol. The third kappa shape index (κ3) is 3.82. The number of carbonyl (C=O) groups excluding carboxylic acids is 1. The van der Waals surface area contributed by atoms with Crippen LogP contribution in [0.3, 0.4) is 0 Å². The topological polar surface area (TPSA) is 56.2 Å². The van der Waals surface area contributed by atoms with Crippen molar-refractivity contribution in [2.75, 3.05) is 19.8 Å². The quantitative estimate of drug-likeness (QED) is 0.807. The van der Waals surface area contributed by atoms with Gasteiger partial charge in [-0.2, -0.15) is 5.10 Å². The van der Waals surface area contributed by atoms with E-state index in [2.05, 4.69) is 24.3 Å². The molecule has 1 aromatic rings. The Kier molecular flexibility index (Phi) is 5.17. The van der Waals surface area contributed by atoms with Crippen LogP contribution in [-0.2, 0) is 16.1 Å². The molecule has 2 heterocycles. The van der Waals surface area contributed by atoms with Gasteiger partial charge in [0.15, 0.2) is 0 Å². The van der Waals surface area contributed by atoms with Crippen LogP contribution in [0.1, 0.15) is 36.2 Å². The smallest absolute Gasteiger partial charge is 0.220 e. The van der Waals surface area contributed by atoms with Crippen molar-refractivity contribution in [2.45, 2.75) is 46.6 Å². The Morgan fingerprint density at radius 1 is 1.45 bits per heavy atom. The standard InChI is InChI=1S/C15H25N3O2/c1-11-12(2)17-18(13(11)3)7-4-6-16-15(19)9-14-5-8-20-10-14/h14H,4-10H2,1-3H3,(H,16,19). The summed E-state index contributed by atoms with van der Waals surface area (Å²) in [6.07, 6.45) is 2.52. The molecule has 0 aromatic carbocycles. The van der Waals surface area contributed by atoms with Gasteiger partial charge in [0, 0.05) is 38.4 Å². The number of hydrogen-bond acceptors (Lipinski definition) is 3. The Hall–Kier alpha value is -1.36. The van der Waals surface area contributed by atoms with E-state index in [9.17, 15) is 4.79 Å². The zero-order valence-electron chi connectivity index (χ0n) is 12.7. The molecular formula is C15H25N3O2. The lowest BCUT2D eigenvalue weighted by Crippen LogP contribution is -2.27. The van der Waals surface area contributed by atoms with Crippen LogP contribution in [-0.4, -0.2) is 35.4 Å². The van der Waals surface area contributed by atoms with Gasteiger partial charge in [0.1, 0.15) is 0 Å². The highest BCUT2D eigenvalue weighted by molar-refractivity contribution is 5.76. The number of aryl methyl sites for hydroxylation is 2. The van der Waals surface area contributed by atoms with E-state index in [1.165, 1.54) is 11.3 Å². The number of nitrogens with one attached hydrogen (secondary N) is 1. The van der Waals surface area contributed by atoms with E-state index >= 15 is 0 Å². The van der Waals surface area contributed by atoms with Crippen LogP contribution in [0.25, 0.3) is 0 Å². The summed E-state index contributed by atoms with van der Waals surface area (Å²) in [5, 5.41) is 7.48. The highest BCUT2D eigenvalue weighted by Crippen LogP contribution is 2.15. The van der Waals surface area contributed by atoms with Crippen molar-refractivity contribution in [1.29, 1.82) is 0 Å². The molecule has 2 rings (SSSR count). The molecule has 5 nitrogen and oxygen atoms in total. The molecule has 1 atom stereocenters. The van der Waals surface area contributed by atoms with Gasteiger partial charge in [0.25, 0.3) is 0 Å². The molecule has 1 aromatic heterocycles. The van der Waals surface area contributed by atoms with E-state index < -0.39 is 0 Å².